The zero-order chi connectivity index (χ0) is 10.7. The largest absolute Gasteiger partial charge is 0.290 e. The second kappa shape index (κ2) is 4.37. The van der Waals surface area contributed by atoms with E-state index in [1.165, 1.54) is 19.3 Å². The molecule has 1 saturated heterocycles. The van der Waals surface area contributed by atoms with E-state index in [4.69, 9.17) is 6.42 Å². The summed E-state index contributed by atoms with van der Waals surface area (Å²) in [4.78, 5) is 14.3. The standard InChI is InChI=1S/C13H19NO/c1-2-12(15)13(8-4-5-9-13)14-10-6-3-7-11-14/h1H,3-11H2. The monoisotopic (exact) mass is 205 g/mol. The van der Waals surface area contributed by atoms with Crippen LogP contribution in [0.4, 0.5) is 0 Å². The summed E-state index contributed by atoms with van der Waals surface area (Å²) in [6.45, 7) is 2.13. The number of ketones is 1. The van der Waals surface area contributed by atoms with Crippen molar-refractivity contribution >= 4 is 5.78 Å². The summed E-state index contributed by atoms with van der Waals surface area (Å²) >= 11 is 0. The third kappa shape index (κ3) is 1.81. The van der Waals surface area contributed by atoms with Gasteiger partial charge in [-0.15, -0.1) is 6.42 Å². The first kappa shape index (κ1) is 10.7. The molecule has 15 heavy (non-hydrogen) atoms. The highest BCUT2D eigenvalue weighted by molar-refractivity contribution is 6.02. The van der Waals surface area contributed by atoms with Gasteiger partial charge in [-0.1, -0.05) is 19.3 Å². The number of carbonyl (C=O) groups excluding carboxylic acids is 1. The molecule has 1 aliphatic carbocycles. The number of Topliss-reactive ketones (excluding diaryl/α,β-unsaturated/α-hetero) is 1. The summed E-state index contributed by atoms with van der Waals surface area (Å²) in [6, 6.07) is 0. The Morgan fingerprint density at radius 3 is 2.20 bits per heavy atom. The van der Waals surface area contributed by atoms with Crippen molar-refractivity contribution in [1.82, 2.24) is 4.90 Å². The molecule has 0 radical (unpaired) electrons. The number of rotatable bonds is 2. The SMILES string of the molecule is C#CC(=O)C1(N2CCCCC2)CCCC1. The smallest absolute Gasteiger partial charge is 0.225 e. The molecule has 0 aromatic carbocycles. The summed E-state index contributed by atoms with van der Waals surface area (Å²) in [5.74, 6) is 2.39. The molecule has 0 amide bonds. The van der Waals surface area contributed by atoms with Gasteiger partial charge >= 0.3 is 0 Å². The minimum atomic E-state index is -0.269. The second-order valence-electron chi connectivity index (χ2n) is 4.76. The Hall–Kier alpha value is -0.810. The fraction of sp³-hybridized carbons (Fsp3) is 0.769. The molecule has 1 saturated carbocycles. The maximum Gasteiger partial charge on any atom is 0.225 e. The van der Waals surface area contributed by atoms with Crippen LogP contribution in [0.5, 0.6) is 0 Å². The molecule has 2 fully saturated rings. The Labute approximate surface area is 92.0 Å². The van der Waals surface area contributed by atoms with Crippen molar-refractivity contribution in [2.45, 2.75) is 50.5 Å². The van der Waals surface area contributed by atoms with E-state index in [2.05, 4.69) is 10.8 Å². The van der Waals surface area contributed by atoms with Crippen LogP contribution in [0.25, 0.3) is 0 Å². The van der Waals surface area contributed by atoms with Crippen molar-refractivity contribution in [3.8, 4) is 12.3 Å². The molecule has 0 aromatic heterocycles. The van der Waals surface area contributed by atoms with Crippen LogP contribution in [0.15, 0.2) is 0 Å². The number of terminal acetylenes is 1. The maximum atomic E-state index is 12.0. The van der Waals surface area contributed by atoms with Gasteiger partial charge in [-0.25, -0.2) is 0 Å². The van der Waals surface area contributed by atoms with Gasteiger partial charge in [0.2, 0.25) is 5.78 Å². The summed E-state index contributed by atoms with van der Waals surface area (Å²) < 4.78 is 0. The van der Waals surface area contributed by atoms with Gasteiger partial charge < -0.3 is 0 Å². The predicted molar refractivity (Wildman–Crippen MR) is 60.5 cm³/mol. The molecule has 0 bridgehead atoms. The summed E-state index contributed by atoms with van der Waals surface area (Å²) in [6.07, 6.45) is 13.3. The van der Waals surface area contributed by atoms with Crippen molar-refractivity contribution in [3.63, 3.8) is 0 Å². The predicted octanol–water partition coefficient (Wildman–Crippen LogP) is 1.99. The van der Waals surface area contributed by atoms with Crippen LogP contribution in [0, 0.1) is 12.3 Å². The average molecular weight is 205 g/mol. The van der Waals surface area contributed by atoms with E-state index in [0.717, 1.165) is 38.8 Å². The first-order valence-corrected chi connectivity index (χ1v) is 6.06. The number of piperidine rings is 1. The highest BCUT2D eigenvalue weighted by Gasteiger charge is 2.45. The molecule has 1 heterocycles. The number of carbonyl (C=O) groups is 1. The average Bonchev–Trinajstić information content (AvgIpc) is 2.79. The normalized spacial score (nSPS) is 26.1. The van der Waals surface area contributed by atoms with Crippen molar-refractivity contribution in [3.05, 3.63) is 0 Å². The quantitative estimate of drug-likeness (QED) is 0.507. The number of hydrogen-bond donors (Lipinski definition) is 0. The first-order valence-electron chi connectivity index (χ1n) is 6.06. The summed E-state index contributed by atoms with van der Waals surface area (Å²) in [5.41, 5.74) is -0.269. The Kier molecular flexibility index (Phi) is 3.11. The van der Waals surface area contributed by atoms with Crippen LogP contribution in [0.3, 0.4) is 0 Å². The van der Waals surface area contributed by atoms with Gasteiger partial charge in [0.15, 0.2) is 0 Å². The lowest BCUT2D eigenvalue weighted by molar-refractivity contribution is -0.126. The third-order valence-corrected chi connectivity index (χ3v) is 3.95. The van der Waals surface area contributed by atoms with Gasteiger partial charge in [-0.2, -0.15) is 0 Å². The Bertz CT molecular complexity index is 277. The molecule has 2 heteroatoms. The van der Waals surface area contributed by atoms with Crippen LogP contribution in [-0.2, 0) is 4.79 Å². The molecule has 2 nitrogen and oxygen atoms in total. The van der Waals surface area contributed by atoms with E-state index < -0.39 is 0 Å². The van der Waals surface area contributed by atoms with E-state index >= 15 is 0 Å². The molecule has 0 N–H and O–H groups in total. The van der Waals surface area contributed by atoms with Crippen molar-refractivity contribution in [2.24, 2.45) is 0 Å². The molecule has 1 aliphatic heterocycles. The molecular formula is C13H19NO. The van der Waals surface area contributed by atoms with Crippen LogP contribution < -0.4 is 0 Å². The fourth-order valence-electron chi connectivity index (χ4n) is 3.10. The number of hydrogen-bond acceptors (Lipinski definition) is 2. The Morgan fingerprint density at radius 1 is 1.07 bits per heavy atom. The van der Waals surface area contributed by atoms with Gasteiger partial charge in [-0.3, -0.25) is 9.69 Å². The zero-order valence-electron chi connectivity index (χ0n) is 9.30. The van der Waals surface area contributed by atoms with Gasteiger partial charge in [0, 0.05) is 0 Å². The molecule has 0 atom stereocenters. The number of nitrogens with zero attached hydrogens (tertiary/aromatic N) is 1. The maximum absolute atomic E-state index is 12.0. The van der Waals surface area contributed by atoms with Crippen LogP contribution in [0.2, 0.25) is 0 Å². The summed E-state index contributed by atoms with van der Waals surface area (Å²) in [5, 5.41) is 0. The third-order valence-electron chi connectivity index (χ3n) is 3.95. The van der Waals surface area contributed by atoms with E-state index in [1.807, 2.05) is 0 Å². The molecular weight excluding hydrogens is 186 g/mol. The van der Waals surface area contributed by atoms with E-state index in [1.54, 1.807) is 0 Å². The molecule has 2 aliphatic rings. The van der Waals surface area contributed by atoms with Crippen molar-refractivity contribution in [1.29, 1.82) is 0 Å². The zero-order valence-corrected chi connectivity index (χ0v) is 9.30. The van der Waals surface area contributed by atoms with E-state index in [9.17, 15) is 4.79 Å². The minimum Gasteiger partial charge on any atom is -0.290 e. The van der Waals surface area contributed by atoms with Gasteiger partial charge in [-0.05, 0) is 44.7 Å². The second-order valence-corrected chi connectivity index (χ2v) is 4.76. The lowest BCUT2D eigenvalue weighted by Crippen LogP contribution is -2.54. The first-order chi connectivity index (χ1) is 7.29. The Balaban J connectivity index is 2.18. The van der Waals surface area contributed by atoms with Crippen LogP contribution >= 0.6 is 0 Å². The van der Waals surface area contributed by atoms with E-state index in [-0.39, 0.29) is 11.3 Å². The van der Waals surface area contributed by atoms with Gasteiger partial charge in [0.1, 0.15) is 0 Å². The van der Waals surface area contributed by atoms with Crippen molar-refractivity contribution in [2.75, 3.05) is 13.1 Å². The lowest BCUT2D eigenvalue weighted by atomic mass is 9.88. The van der Waals surface area contributed by atoms with Crippen LogP contribution in [0.1, 0.15) is 44.9 Å². The van der Waals surface area contributed by atoms with Crippen LogP contribution in [-0.4, -0.2) is 29.3 Å². The Morgan fingerprint density at radius 2 is 1.67 bits per heavy atom. The highest BCUT2D eigenvalue weighted by atomic mass is 16.1. The molecule has 0 spiro atoms. The summed E-state index contributed by atoms with van der Waals surface area (Å²) in [7, 11) is 0. The van der Waals surface area contributed by atoms with E-state index in [0.29, 0.717) is 0 Å². The van der Waals surface area contributed by atoms with Gasteiger partial charge in [0.05, 0.1) is 5.54 Å². The lowest BCUT2D eigenvalue weighted by Gasteiger charge is -2.41. The minimum absolute atomic E-state index is 0.0295. The van der Waals surface area contributed by atoms with Crippen molar-refractivity contribution < 1.29 is 4.79 Å². The topological polar surface area (TPSA) is 20.3 Å². The molecule has 82 valence electrons. The molecule has 0 unspecified atom stereocenters. The fourth-order valence-corrected chi connectivity index (χ4v) is 3.10. The van der Waals surface area contributed by atoms with Gasteiger partial charge in [0.25, 0.3) is 0 Å². The highest BCUT2D eigenvalue weighted by Crippen LogP contribution is 2.37. The molecule has 2 rings (SSSR count). The molecule has 0 aromatic rings. The number of likely N-dealkylation sites (tertiary alicyclic amines) is 1.